The van der Waals surface area contributed by atoms with Gasteiger partial charge in [-0.25, -0.2) is 14.8 Å². The van der Waals surface area contributed by atoms with Crippen LogP contribution in [0.15, 0.2) is 42.6 Å². The summed E-state index contributed by atoms with van der Waals surface area (Å²) in [7, 11) is 0. The summed E-state index contributed by atoms with van der Waals surface area (Å²) in [5, 5.41) is 13.8. The van der Waals surface area contributed by atoms with Crippen LogP contribution in [-0.4, -0.2) is 52.2 Å². The number of alkyl halides is 9. The van der Waals surface area contributed by atoms with Crippen molar-refractivity contribution in [2.75, 3.05) is 23.4 Å². The monoisotopic (exact) mass is 721 g/mol. The van der Waals surface area contributed by atoms with Crippen LogP contribution in [0.4, 0.5) is 55.9 Å². The number of aromatic nitrogens is 2. The molecule has 0 saturated carbocycles. The fraction of sp³-hybridized carbons (Fsp3) is 0.387. The zero-order valence-electron chi connectivity index (χ0n) is 26.1. The Morgan fingerprint density at radius 1 is 0.920 bits per heavy atom. The Balaban J connectivity index is 1.83. The smallest absolute Gasteiger partial charge is 0.416 e. The molecule has 1 aliphatic heterocycles. The standard InChI is InChI=1S/C31H28F9N5O5/c1-3-19-12-23(20-11-16(29(32,33)34)5-6-24(20)45(19)28(49)50-4-2)44-27-42-13-21(26(48)41-14-25(46)47)22(43-27)9-15-7-17(30(35,36)37)10-18(8-15)31(38,39)40/h5-8,10-11,13,19,23H,3-4,9,12,14H2,1-2H3,(H,41,48)(H,46,47)(H,42,43,44)/t19-,23+/m1/s1. The van der Waals surface area contributed by atoms with Gasteiger partial charge in [0.15, 0.2) is 0 Å². The maximum Gasteiger partial charge on any atom is 0.416 e. The molecule has 2 heterocycles. The first-order chi connectivity index (χ1) is 23.2. The molecule has 4 rings (SSSR count). The number of anilines is 2. The van der Waals surface area contributed by atoms with Gasteiger partial charge in [-0.2, -0.15) is 39.5 Å². The van der Waals surface area contributed by atoms with E-state index in [-0.39, 0.29) is 36.3 Å². The predicted molar refractivity (Wildman–Crippen MR) is 157 cm³/mol. The summed E-state index contributed by atoms with van der Waals surface area (Å²) in [4.78, 5) is 46.1. The first kappa shape index (κ1) is 37.7. The van der Waals surface area contributed by atoms with Gasteiger partial charge in [0.2, 0.25) is 5.95 Å². The topological polar surface area (TPSA) is 134 Å². The summed E-state index contributed by atoms with van der Waals surface area (Å²) in [6.45, 7) is 2.33. The number of ether oxygens (including phenoxy) is 1. The number of rotatable bonds is 9. The molecule has 0 aliphatic carbocycles. The average molecular weight is 722 g/mol. The Labute approximate surface area is 277 Å². The lowest BCUT2D eigenvalue weighted by atomic mass is 9.89. The molecule has 3 aromatic rings. The molecule has 0 radical (unpaired) electrons. The number of carbonyl (C=O) groups excluding carboxylic acids is 2. The number of carboxylic acids is 1. The molecule has 0 unspecified atom stereocenters. The highest BCUT2D eigenvalue weighted by molar-refractivity contribution is 5.96. The molecule has 2 amide bonds. The number of hydrogen-bond donors (Lipinski definition) is 3. The lowest BCUT2D eigenvalue weighted by molar-refractivity contribution is -0.143. The Bertz CT molecular complexity index is 1730. The molecule has 2 atom stereocenters. The van der Waals surface area contributed by atoms with Crippen LogP contribution in [0.25, 0.3) is 0 Å². The fourth-order valence-electron chi connectivity index (χ4n) is 5.39. The molecule has 270 valence electrons. The molecule has 50 heavy (non-hydrogen) atoms. The quantitative estimate of drug-likeness (QED) is 0.197. The van der Waals surface area contributed by atoms with Crippen LogP contribution in [0.1, 0.15) is 76.6 Å². The van der Waals surface area contributed by atoms with Gasteiger partial charge in [-0.15, -0.1) is 0 Å². The highest BCUT2D eigenvalue weighted by Crippen LogP contribution is 2.43. The molecule has 0 fully saturated rings. The van der Waals surface area contributed by atoms with Crippen LogP contribution in [0, 0.1) is 0 Å². The predicted octanol–water partition coefficient (Wildman–Crippen LogP) is 7.24. The Hall–Kier alpha value is -5.10. The second-order valence-electron chi connectivity index (χ2n) is 11.1. The Morgan fingerprint density at radius 2 is 1.54 bits per heavy atom. The Morgan fingerprint density at radius 3 is 2.08 bits per heavy atom. The van der Waals surface area contributed by atoms with Crippen molar-refractivity contribution in [2.45, 2.75) is 63.7 Å². The summed E-state index contributed by atoms with van der Waals surface area (Å²) < 4.78 is 128. The van der Waals surface area contributed by atoms with E-state index in [1.807, 2.05) is 5.32 Å². The maximum atomic E-state index is 13.8. The number of halogens is 9. The molecule has 10 nitrogen and oxygen atoms in total. The van der Waals surface area contributed by atoms with E-state index in [1.54, 1.807) is 13.8 Å². The molecule has 0 saturated heterocycles. The van der Waals surface area contributed by atoms with E-state index in [4.69, 9.17) is 9.84 Å². The zero-order chi connectivity index (χ0) is 37.2. The molecule has 0 spiro atoms. The number of aliphatic carboxylic acids is 1. The molecule has 2 aromatic carbocycles. The van der Waals surface area contributed by atoms with Gasteiger partial charge >= 0.3 is 30.6 Å². The van der Waals surface area contributed by atoms with E-state index in [9.17, 15) is 53.9 Å². The van der Waals surface area contributed by atoms with Gasteiger partial charge < -0.3 is 20.5 Å². The van der Waals surface area contributed by atoms with Crippen molar-refractivity contribution in [3.63, 3.8) is 0 Å². The van der Waals surface area contributed by atoms with Crippen LogP contribution < -0.4 is 15.5 Å². The van der Waals surface area contributed by atoms with E-state index >= 15 is 0 Å². The normalized spacial score (nSPS) is 16.4. The Kier molecular flexibility index (Phi) is 10.9. The van der Waals surface area contributed by atoms with E-state index in [0.29, 0.717) is 18.6 Å². The highest BCUT2D eigenvalue weighted by atomic mass is 19.4. The zero-order valence-corrected chi connectivity index (χ0v) is 26.1. The first-order valence-corrected chi connectivity index (χ1v) is 14.8. The van der Waals surface area contributed by atoms with Gasteiger partial charge in [-0.05, 0) is 67.3 Å². The van der Waals surface area contributed by atoms with E-state index in [2.05, 4.69) is 15.3 Å². The minimum atomic E-state index is -5.19. The largest absolute Gasteiger partial charge is 0.480 e. The van der Waals surface area contributed by atoms with E-state index in [0.717, 1.165) is 24.4 Å². The van der Waals surface area contributed by atoms with Gasteiger partial charge in [0.05, 0.1) is 46.3 Å². The molecule has 0 bridgehead atoms. The summed E-state index contributed by atoms with van der Waals surface area (Å²) >= 11 is 0. The second kappa shape index (κ2) is 14.4. The number of carbonyl (C=O) groups is 3. The second-order valence-corrected chi connectivity index (χ2v) is 11.1. The number of fused-ring (bicyclic) bond motifs is 1. The summed E-state index contributed by atoms with van der Waals surface area (Å²) in [5.41, 5.74) is -5.79. The summed E-state index contributed by atoms with van der Waals surface area (Å²) in [6, 6.07) is 1.79. The third-order valence-corrected chi connectivity index (χ3v) is 7.63. The van der Waals surface area contributed by atoms with Crippen molar-refractivity contribution in [2.24, 2.45) is 0 Å². The number of nitrogens with zero attached hydrogens (tertiary/aromatic N) is 3. The third-order valence-electron chi connectivity index (χ3n) is 7.63. The van der Waals surface area contributed by atoms with Crippen molar-refractivity contribution >= 4 is 29.6 Å². The number of hydrogen-bond acceptors (Lipinski definition) is 7. The number of nitrogens with one attached hydrogen (secondary N) is 2. The van der Waals surface area contributed by atoms with Gasteiger partial charge in [0, 0.05) is 18.7 Å². The average Bonchev–Trinajstić information content (AvgIpc) is 3.02. The number of amides is 2. The van der Waals surface area contributed by atoms with E-state index in [1.165, 1.54) is 4.90 Å². The van der Waals surface area contributed by atoms with Crippen molar-refractivity contribution in [1.82, 2.24) is 15.3 Å². The van der Waals surface area contributed by atoms with Crippen LogP contribution in [-0.2, 0) is 34.5 Å². The lowest BCUT2D eigenvalue weighted by Gasteiger charge is -2.40. The van der Waals surface area contributed by atoms with Gasteiger partial charge in [-0.1, -0.05) is 6.92 Å². The molecular formula is C31H28F9N5O5. The van der Waals surface area contributed by atoms with Crippen LogP contribution in [0.3, 0.4) is 0 Å². The minimum Gasteiger partial charge on any atom is -0.480 e. The van der Waals surface area contributed by atoms with Crippen molar-refractivity contribution in [1.29, 1.82) is 0 Å². The maximum absolute atomic E-state index is 13.8. The van der Waals surface area contributed by atoms with Crippen LogP contribution in [0.5, 0.6) is 0 Å². The van der Waals surface area contributed by atoms with Crippen LogP contribution in [0.2, 0.25) is 0 Å². The molecule has 19 heteroatoms. The lowest BCUT2D eigenvalue weighted by Crippen LogP contribution is -2.46. The van der Waals surface area contributed by atoms with Crippen molar-refractivity contribution in [3.05, 3.63) is 81.7 Å². The van der Waals surface area contributed by atoms with Gasteiger partial charge in [0.1, 0.15) is 6.54 Å². The molecule has 1 aromatic heterocycles. The van der Waals surface area contributed by atoms with Gasteiger partial charge in [-0.3, -0.25) is 14.5 Å². The van der Waals surface area contributed by atoms with E-state index < -0.39 is 95.1 Å². The molecular weight excluding hydrogens is 693 g/mol. The fourth-order valence-corrected chi connectivity index (χ4v) is 5.39. The van der Waals surface area contributed by atoms with Crippen molar-refractivity contribution in [3.8, 4) is 0 Å². The molecule has 1 aliphatic rings. The number of carboxylic acid groups (broad SMARTS) is 1. The third kappa shape index (κ3) is 8.73. The first-order valence-electron chi connectivity index (χ1n) is 14.8. The van der Waals surface area contributed by atoms with Crippen LogP contribution >= 0.6 is 0 Å². The SMILES string of the molecule is CCOC(=O)N1c2ccc(C(F)(F)F)cc2[C@@H](Nc2ncc(C(=O)NCC(=O)O)c(Cc3cc(C(F)(F)F)cc(C(F)(F)F)c3)n2)C[C@H]1CC. The summed E-state index contributed by atoms with van der Waals surface area (Å²) in [5.74, 6) is -2.97. The number of benzene rings is 2. The highest BCUT2D eigenvalue weighted by Gasteiger charge is 2.40. The summed E-state index contributed by atoms with van der Waals surface area (Å²) in [6.07, 6.45) is -15.7. The van der Waals surface area contributed by atoms with Crippen molar-refractivity contribution < 1.29 is 63.7 Å². The molecule has 3 N–H and O–H groups in total. The minimum absolute atomic E-state index is 0.0221. The van der Waals surface area contributed by atoms with Gasteiger partial charge in [0.25, 0.3) is 5.91 Å².